The van der Waals surface area contributed by atoms with Crippen LogP contribution in [0.4, 0.5) is 8.78 Å². The van der Waals surface area contributed by atoms with E-state index in [1.165, 1.54) is 41.3 Å². The van der Waals surface area contributed by atoms with Crippen molar-refractivity contribution in [1.82, 2.24) is 9.55 Å². The number of carbonyl (C=O) groups excluding carboxylic acids is 1. The number of hydrogen-bond acceptors (Lipinski definition) is 5. The van der Waals surface area contributed by atoms with Gasteiger partial charge in [-0.2, -0.15) is 0 Å². The van der Waals surface area contributed by atoms with Gasteiger partial charge in [-0.3, -0.25) is 9.59 Å². The van der Waals surface area contributed by atoms with Gasteiger partial charge in [0.25, 0.3) is 5.56 Å². The summed E-state index contributed by atoms with van der Waals surface area (Å²) in [6.07, 6.45) is 4.30. The molecule has 0 fully saturated rings. The second-order valence-electron chi connectivity index (χ2n) is 7.95. The van der Waals surface area contributed by atoms with Crippen molar-refractivity contribution in [3.8, 4) is 11.1 Å². The van der Waals surface area contributed by atoms with E-state index >= 15 is 8.78 Å². The van der Waals surface area contributed by atoms with Crippen LogP contribution in [0.5, 0.6) is 0 Å². The Balaban J connectivity index is 1.90. The molecule has 3 aromatic heterocycles. The number of nitrogens with one attached hydrogen (secondary N) is 1. The monoisotopic (exact) mass is 509 g/mol. The first kappa shape index (κ1) is 23.4. The molecule has 36 heavy (non-hydrogen) atoms. The van der Waals surface area contributed by atoms with Gasteiger partial charge in [-0.05, 0) is 42.7 Å². The van der Waals surface area contributed by atoms with Gasteiger partial charge < -0.3 is 24.8 Å². The zero-order valence-corrected chi connectivity index (χ0v) is 19.4. The number of aromatic amines is 1. The van der Waals surface area contributed by atoms with E-state index in [1.807, 2.05) is 0 Å². The molecule has 11 heteroatoms. The highest BCUT2D eigenvalue weighted by atomic mass is 32.2. The normalized spacial score (nSPS) is 11.4. The maximum atomic E-state index is 15.1. The number of nitrogens with two attached hydrogens (primary N) is 1. The number of benzene rings is 2. The Kier molecular flexibility index (Phi) is 5.64. The molecule has 4 N–H and O–H groups in total. The molecule has 0 saturated heterocycles. The average molecular weight is 509 g/mol. The number of halogens is 2. The Morgan fingerprint density at radius 1 is 1.19 bits per heavy atom. The summed E-state index contributed by atoms with van der Waals surface area (Å²) in [5.41, 5.74) is 4.65. The third-order valence-corrected chi connectivity index (χ3v) is 6.75. The molecule has 0 aliphatic heterocycles. The van der Waals surface area contributed by atoms with Crippen LogP contribution in [0, 0.1) is 11.6 Å². The number of furan rings is 1. The highest BCUT2D eigenvalue weighted by Gasteiger charge is 2.29. The van der Waals surface area contributed by atoms with E-state index in [0.29, 0.717) is 4.90 Å². The number of primary amides is 1. The summed E-state index contributed by atoms with van der Waals surface area (Å²) in [4.78, 5) is 40.1. The van der Waals surface area contributed by atoms with Crippen LogP contribution in [0.1, 0.15) is 26.4 Å². The standard InChI is InChI=1S/C25H17F2N3O5S/c1-36-18-9-15(26)11(7-14(18)23(28)31)10-30-17-8-16(27)12-4-6-35-22(12)20(17)19(21(30)25(33)34)13-3-2-5-29-24(13)32/h2-9H,10H2,1H3,(H2,28,31)(H,29,32)(H,33,34). The molecule has 0 unspecified atom stereocenters. The highest BCUT2D eigenvalue weighted by Crippen LogP contribution is 2.40. The van der Waals surface area contributed by atoms with E-state index in [4.69, 9.17) is 10.2 Å². The minimum atomic E-state index is -1.43. The van der Waals surface area contributed by atoms with Gasteiger partial charge in [0.1, 0.15) is 22.9 Å². The number of aromatic carboxylic acids is 1. The number of aromatic nitrogens is 2. The minimum absolute atomic E-state index is 0.00410. The van der Waals surface area contributed by atoms with Crippen molar-refractivity contribution in [3.05, 3.63) is 87.7 Å². The van der Waals surface area contributed by atoms with Crippen LogP contribution in [0.25, 0.3) is 33.0 Å². The zero-order chi connectivity index (χ0) is 25.7. The summed E-state index contributed by atoms with van der Waals surface area (Å²) in [5, 5.41) is 10.5. The lowest BCUT2D eigenvalue weighted by atomic mass is 10.0. The zero-order valence-electron chi connectivity index (χ0n) is 18.6. The number of carbonyl (C=O) groups is 2. The van der Waals surface area contributed by atoms with Crippen molar-refractivity contribution in [1.29, 1.82) is 0 Å². The first-order chi connectivity index (χ1) is 17.2. The molecule has 0 radical (unpaired) electrons. The van der Waals surface area contributed by atoms with E-state index in [9.17, 15) is 19.5 Å². The quantitative estimate of drug-likeness (QED) is 0.287. The predicted molar refractivity (Wildman–Crippen MR) is 130 cm³/mol. The summed E-state index contributed by atoms with van der Waals surface area (Å²) in [6, 6.07) is 7.85. The number of carboxylic acid groups (broad SMARTS) is 1. The molecule has 0 spiro atoms. The van der Waals surface area contributed by atoms with E-state index in [0.717, 1.165) is 23.9 Å². The number of rotatable bonds is 6. The molecule has 5 aromatic rings. The second kappa shape index (κ2) is 8.68. The Labute approximate surface area is 205 Å². The number of hydrogen-bond donors (Lipinski definition) is 3. The first-order valence-electron chi connectivity index (χ1n) is 10.5. The Bertz CT molecular complexity index is 1770. The molecule has 0 saturated carbocycles. The van der Waals surface area contributed by atoms with Crippen molar-refractivity contribution in [2.45, 2.75) is 11.4 Å². The second-order valence-corrected chi connectivity index (χ2v) is 8.80. The summed E-state index contributed by atoms with van der Waals surface area (Å²) in [6.45, 7) is -0.394. The van der Waals surface area contributed by atoms with Crippen molar-refractivity contribution in [2.75, 3.05) is 6.26 Å². The van der Waals surface area contributed by atoms with Crippen molar-refractivity contribution < 1.29 is 27.9 Å². The molecule has 0 aliphatic rings. The molecule has 3 heterocycles. The Morgan fingerprint density at radius 2 is 1.97 bits per heavy atom. The van der Waals surface area contributed by atoms with Crippen LogP contribution in [0.2, 0.25) is 0 Å². The maximum Gasteiger partial charge on any atom is 0.353 e. The fraction of sp³-hybridized carbons (Fsp3) is 0.0800. The van der Waals surface area contributed by atoms with Crippen LogP contribution in [-0.4, -0.2) is 32.8 Å². The molecular formula is C25H17F2N3O5S. The lowest BCUT2D eigenvalue weighted by molar-refractivity contribution is 0.0686. The molecule has 5 rings (SSSR count). The van der Waals surface area contributed by atoms with Crippen LogP contribution in [0.15, 0.2) is 63.0 Å². The summed E-state index contributed by atoms with van der Waals surface area (Å²) in [7, 11) is 0. The van der Waals surface area contributed by atoms with Crippen molar-refractivity contribution in [3.63, 3.8) is 0 Å². The first-order valence-corrected chi connectivity index (χ1v) is 11.7. The molecule has 8 nitrogen and oxygen atoms in total. The topological polar surface area (TPSA) is 131 Å². The Hall–Kier alpha value is -4.38. The van der Waals surface area contributed by atoms with Crippen LogP contribution >= 0.6 is 11.8 Å². The SMILES string of the molecule is CSc1cc(F)c(Cn2c(C(=O)O)c(-c3ccc[nH]c3=O)c3c4occc4c(F)cc32)cc1C(N)=O. The molecule has 0 bridgehead atoms. The van der Waals surface area contributed by atoms with E-state index in [2.05, 4.69) is 4.98 Å². The lowest BCUT2D eigenvalue weighted by Gasteiger charge is -2.13. The van der Waals surface area contributed by atoms with Crippen molar-refractivity contribution >= 4 is 45.5 Å². The molecule has 0 aliphatic carbocycles. The van der Waals surface area contributed by atoms with E-state index in [1.54, 1.807) is 6.26 Å². The van der Waals surface area contributed by atoms with Gasteiger partial charge in [-0.25, -0.2) is 13.6 Å². The van der Waals surface area contributed by atoms with Gasteiger partial charge >= 0.3 is 5.97 Å². The molecule has 1 amide bonds. The highest BCUT2D eigenvalue weighted by molar-refractivity contribution is 7.98. The molecular weight excluding hydrogens is 492 g/mol. The van der Waals surface area contributed by atoms with Gasteiger partial charge in [0.2, 0.25) is 5.91 Å². The van der Waals surface area contributed by atoms with Gasteiger partial charge in [0.05, 0.1) is 40.2 Å². The maximum absolute atomic E-state index is 15.1. The van der Waals surface area contributed by atoms with Crippen molar-refractivity contribution in [2.24, 2.45) is 5.73 Å². The number of carboxylic acids is 1. The number of fused-ring (bicyclic) bond motifs is 3. The number of nitrogens with zero attached hydrogens (tertiary/aromatic N) is 1. The summed E-state index contributed by atoms with van der Waals surface area (Å²) in [5.74, 6) is -3.61. The predicted octanol–water partition coefficient (Wildman–Crippen LogP) is 4.59. The molecule has 182 valence electrons. The average Bonchev–Trinajstić information content (AvgIpc) is 3.44. The van der Waals surface area contributed by atoms with Gasteiger partial charge in [-0.15, -0.1) is 11.8 Å². The summed E-state index contributed by atoms with van der Waals surface area (Å²) >= 11 is 1.13. The third kappa shape index (κ3) is 3.55. The fourth-order valence-electron chi connectivity index (χ4n) is 4.43. The summed E-state index contributed by atoms with van der Waals surface area (Å²) < 4.78 is 36.8. The minimum Gasteiger partial charge on any atom is -0.477 e. The largest absolute Gasteiger partial charge is 0.477 e. The molecule has 0 atom stereocenters. The molecule has 2 aromatic carbocycles. The number of amides is 1. The number of pyridine rings is 1. The van der Waals surface area contributed by atoms with Crippen LogP contribution < -0.4 is 11.3 Å². The smallest absolute Gasteiger partial charge is 0.353 e. The van der Waals surface area contributed by atoms with Crippen LogP contribution in [-0.2, 0) is 6.54 Å². The van der Waals surface area contributed by atoms with Crippen LogP contribution in [0.3, 0.4) is 0 Å². The number of thioether (sulfide) groups is 1. The number of H-pyrrole nitrogens is 1. The van der Waals surface area contributed by atoms with Gasteiger partial charge in [-0.1, -0.05) is 0 Å². The third-order valence-electron chi connectivity index (χ3n) is 5.97. The fourth-order valence-corrected chi connectivity index (χ4v) is 5.03. The van der Waals surface area contributed by atoms with Gasteiger partial charge in [0, 0.05) is 22.2 Å². The van der Waals surface area contributed by atoms with E-state index in [-0.39, 0.29) is 49.8 Å². The van der Waals surface area contributed by atoms with E-state index < -0.39 is 35.6 Å². The lowest BCUT2D eigenvalue weighted by Crippen LogP contribution is -2.16. The van der Waals surface area contributed by atoms with Gasteiger partial charge in [0.15, 0.2) is 0 Å². The Morgan fingerprint density at radius 3 is 2.64 bits per heavy atom.